The van der Waals surface area contributed by atoms with Crippen LogP contribution in [0.1, 0.15) is 15.9 Å². The van der Waals surface area contributed by atoms with Crippen molar-refractivity contribution >= 4 is 53.2 Å². The standard InChI is InChI=1S/C22H18ClN3O2/c1-14-18-7-6-16(22(27)28)13-20(18)26-21(19(14)9-10-24-2)25-11-8-15-4-3-5-17(23)12-15/h3-5,9-10,12-13H,1,8,11H2,2H3,(H,25,26)(H,27,28)/b19-9+,24-10?. The number of carboxylic acid groups (broad SMARTS) is 1. The lowest BCUT2D eigenvalue weighted by molar-refractivity contribution is 0.0697. The number of hydrogen-bond donors (Lipinski definition) is 2. The third-order valence-electron chi connectivity index (χ3n) is 4.19. The fraction of sp³-hybridized carbons (Fsp3) is 0.136. The summed E-state index contributed by atoms with van der Waals surface area (Å²) in [6, 6.07) is 14.7. The van der Waals surface area contributed by atoms with E-state index in [1.807, 2.05) is 30.3 Å². The number of benzene rings is 1. The second-order valence-electron chi connectivity index (χ2n) is 6.11. The van der Waals surface area contributed by atoms with Crippen molar-refractivity contribution in [3.8, 4) is 0 Å². The van der Waals surface area contributed by atoms with Crippen LogP contribution in [0.5, 0.6) is 0 Å². The molecule has 0 saturated heterocycles. The van der Waals surface area contributed by atoms with Crippen molar-refractivity contribution < 1.29 is 9.90 Å². The molecule has 5 nitrogen and oxygen atoms in total. The van der Waals surface area contributed by atoms with E-state index in [9.17, 15) is 9.90 Å². The minimum absolute atomic E-state index is 0.0103. The Morgan fingerprint density at radius 3 is 2.93 bits per heavy atom. The van der Waals surface area contributed by atoms with Crippen LogP contribution in [0.25, 0.3) is 23.6 Å². The molecule has 140 valence electrons. The highest BCUT2D eigenvalue weighted by Crippen LogP contribution is 2.12. The highest BCUT2D eigenvalue weighted by Gasteiger charge is 2.08. The second-order valence-corrected chi connectivity index (χ2v) is 6.54. The molecule has 2 N–H and O–H groups in total. The van der Waals surface area contributed by atoms with Gasteiger partial charge in [0.05, 0.1) is 10.9 Å². The number of pyridine rings is 1. The lowest BCUT2D eigenvalue weighted by Gasteiger charge is -2.09. The van der Waals surface area contributed by atoms with Crippen LogP contribution in [0.3, 0.4) is 0 Å². The Hall–Kier alpha value is -3.36. The van der Waals surface area contributed by atoms with Gasteiger partial charge in [0.25, 0.3) is 0 Å². The quantitative estimate of drug-likeness (QED) is 0.633. The predicted octanol–water partition coefficient (Wildman–Crippen LogP) is 2.73. The molecule has 6 heteroatoms. The van der Waals surface area contributed by atoms with Gasteiger partial charge in [-0.05, 0) is 41.5 Å². The van der Waals surface area contributed by atoms with Crippen molar-refractivity contribution in [2.75, 3.05) is 18.9 Å². The lowest BCUT2D eigenvalue weighted by Crippen LogP contribution is -2.30. The van der Waals surface area contributed by atoms with E-state index in [4.69, 9.17) is 11.6 Å². The molecule has 0 aliphatic carbocycles. The van der Waals surface area contributed by atoms with Gasteiger partial charge < -0.3 is 10.4 Å². The first-order chi connectivity index (χ1) is 13.5. The Balaban J connectivity index is 2.00. The van der Waals surface area contributed by atoms with E-state index in [1.54, 1.807) is 13.3 Å². The molecular formula is C22H18ClN3O2. The fourth-order valence-electron chi connectivity index (χ4n) is 2.81. The molecule has 28 heavy (non-hydrogen) atoms. The first-order valence-corrected chi connectivity index (χ1v) is 8.98. The van der Waals surface area contributed by atoms with E-state index in [1.165, 1.54) is 6.07 Å². The van der Waals surface area contributed by atoms with Crippen molar-refractivity contribution in [2.24, 2.45) is 4.99 Å². The zero-order valence-electron chi connectivity index (χ0n) is 15.3. The third kappa shape index (κ3) is 4.30. The summed E-state index contributed by atoms with van der Waals surface area (Å²) in [4.78, 5) is 19.8. The summed E-state index contributed by atoms with van der Waals surface area (Å²) in [5, 5.41) is 15.3. The minimum Gasteiger partial charge on any atom is -0.477 e. The van der Waals surface area contributed by atoms with E-state index in [0.717, 1.165) is 17.2 Å². The maximum Gasteiger partial charge on any atom is 0.344 e. The molecule has 3 aromatic rings. The van der Waals surface area contributed by atoms with E-state index >= 15 is 0 Å². The third-order valence-corrected chi connectivity index (χ3v) is 4.42. The predicted molar refractivity (Wildman–Crippen MR) is 114 cm³/mol. The van der Waals surface area contributed by atoms with Crippen LogP contribution in [0, 0.1) is 12.1 Å². The summed E-state index contributed by atoms with van der Waals surface area (Å²) < 4.78 is 0. The lowest BCUT2D eigenvalue weighted by atomic mass is 10.1. The molecule has 0 radical (unpaired) electrons. The van der Waals surface area contributed by atoms with Gasteiger partial charge in [0.2, 0.25) is 0 Å². The van der Waals surface area contributed by atoms with Crippen molar-refractivity contribution in [3.05, 3.63) is 69.1 Å². The SMILES string of the molecule is C=c1/c(=C\C=NC)c(NCCc2cccc(Cl)c2)nc2cc(C(=O)O)c#cc12. The zero-order valence-corrected chi connectivity index (χ0v) is 16.0. The number of aliphatic imine (C=N–C) groups is 1. The smallest absolute Gasteiger partial charge is 0.344 e. The van der Waals surface area contributed by atoms with Crippen LogP contribution < -0.4 is 15.8 Å². The van der Waals surface area contributed by atoms with E-state index < -0.39 is 5.97 Å². The highest BCUT2D eigenvalue weighted by molar-refractivity contribution is 6.30. The average Bonchev–Trinajstić information content (AvgIpc) is 2.67. The number of hydrogen-bond acceptors (Lipinski definition) is 4. The first-order valence-electron chi connectivity index (χ1n) is 8.60. The van der Waals surface area contributed by atoms with E-state index in [2.05, 4.69) is 34.0 Å². The number of nitrogens with zero attached hydrogens (tertiary/aromatic N) is 2. The van der Waals surface area contributed by atoms with E-state index in [-0.39, 0.29) is 5.56 Å². The average molecular weight is 392 g/mol. The Bertz CT molecular complexity index is 1170. The number of halogens is 1. The van der Waals surface area contributed by atoms with Crippen molar-refractivity contribution in [2.45, 2.75) is 6.42 Å². The Morgan fingerprint density at radius 2 is 2.21 bits per heavy atom. The molecule has 0 fully saturated rings. The van der Waals surface area contributed by atoms with Gasteiger partial charge in [0, 0.05) is 30.0 Å². The Morgan fingerprint density at radius 1 is 1.39 bits per heavy atom. The molecule has 0 atom stereocenters. The molecule has 3 rings (SSSR count). The maximum absolute atomic E-state index is 11.2. The van der Waals surface area contributed by atoms with Crippen molar-refractivity contribution in [1.82, 2.24) is 4.98 Å². The highest BCUT2D eigenvalue weighted by atomic mass is 35.5. The first kappa shape index (κ1) is 19.4. The fourth-order valence-corrected chi connectivity index (χ4v) is 3.02. The number of fused-ring (bicyclic) bond motifs is 1. The largest absolute Gasteiger partial charge is 0.477 e. The molecule has 1 aromatic heterocycles. The monoisotopic (exact) mass is 391 g/mol. The Kier molecular flexibility index (Phi) is 5.93. The number of anilines is 1. The molecule has 0 unspecified atom stereocenters. The number of carbonyl (C=O) groups is 1. The van der Waals surface area contributed by atoms with Crippen LogP contribution >= 0.6 is 11.6 Å². The van der Waals surface area contributed by atoms with Gasteiger partial charge in [0.15, 0.2) is 0 Å². The number of aromatic nitrogens is 1. The second kappa shape index (κ2) is 8.55. The number of nitrogens with one attached hydrogen (secondary N) is 1. The van der Waals surface area contributed by atoms with Crippen LogP contribution in [-0.2, 0) is 6.42 Å². The van der Waals surface area contributed by atoms with Crippen LogP contribution in [0.2, 0.25) is 5.02 Å². The van der Waals surface area contributed by atoms with Gasteiger partial charge in [-0.2, -0.15) is 0 Å². The normalized spacial score (nSPS) is 11.7. The number of aromatic carboxylic acids is 1. The van der Waals surface area contributed by atoms with Gasteiger partial charge in [-0.3, -0.25) is 4.99 Å². The molecule has 1 heterocycles. The molecular weight excluding hydrogens is 374 g/mol. The summed E-state index contributed by atoms with van der Waals surface area (Å²) in [6.07, 6.45) is 4.23. The molecule has 0 aliphatic heterocycles. The topological polar surface area (TPSA) is 74.6 Å². The molecule has 0 spiro atoms. The minimum atomic E-state index is -1.07. The Labute approximate surface area is 167 Å². The summed E-state index contributed by atoms with van der Waals surface area (Å²) >= 11 is 6.03. The molecule has 0 aliphatic rings. The van der Waals surface area contributed by atoms with Gasteiger partial charge in [-0.25, -0.2) is 9.78 Å². The van der Waals surface area contributed by atoms with Crippen LogP contribution in [0.4, 0.5) is 5.82 Å². The zero-order chi connectivity index (χ0) is 20.1. The number of rotatable bonds is 6. The molecule has 0 saturated carbocycles. The van der Waals surface area contributed by atoms with Gasteiger partial charge in [-0.1, -0.05) is 42.4 Å². The number of carboxylic acids is 1. The summed E-state index contributed by atoms with van der Waals surface area (Å²) in [5.41, 5.74) is 1.61. The summed E-state index contributed by atoms with van der Waals surface area (Å²) in [5.74, 6) is -0.467. The molecule has 0 amide bonds. The summed E-state index contributed by atoms with van der Waals surface area (Å²) in [7, 11) is 1.68. The van der Waals surface area contributed by atoms with Gasteiger partial charge >= 0.3 is 5.97 Å². The van der Waals surface area contributed by atoms with E-state index in [0.29, 0.717) is 33.5 Å². The van der Waals surface area contributed by atoms with Crippen LogP contribution in [-0.4, -0.2) is 35.9 Å². The van der Waals surface area contributed by atoms with Crippen molar-refractivity contribution in [3.63, 3.8) is 0 Å². The maximum atomic E-state index is 11.2. The molecule has 2 aromatic carbocycles. The van der Waals surface area contributed by atoms with Gasteiger partial charge in [0.1, 0.15) is 11.4 Å². The van der Waals surface area contributed by atoms with Gasteiger partial charge in [-0.15, -0.1) is 0 Å². The molecule has 0 bridgehead atoms. The van der Waals surface area contributed by atoms with Crippen LogP contribution in [0.15, 0.2) is 35.3 Å². The summed E-state index contributed by atoms with van der Waals surface area (Å²) in [6.45, 7) is 4.75. The van der Waals surface area contributed by atoms with Crippen molar-refractivity contribution in [1.29, 1.82) is 0 Å².